The summed E-state index contributed by atoms with van der Waals surface area (Å²) in [4.78, 5) is 11.1. The molecule has 0 bridgehead atoms. The SMILES string of the molecule is O=CC(=Cc1ccccc1Cl)c1ccc(F)cc1. The van der Waals surface area contributed by atoms with E-state index >= 15 is 0 Å². The minimum Gasteiger partial charge on any atom is -0.298 e. The molecule has 0 saturated heterocycles. The van der Waals surface area contributed by atoms with Gasteiger partial charge in [-0.05, 0) is 35.4 Å². The van der Waals surface area contributed by atoms with E-state index in [1.165, 1.54) is 12.1 Å². The van der Waals surface area contributed by atoms with Crippen LogP contribution in [0.3, 0.4) is 0 Å². The van der Waals surface area contributed by atoms with Gasteiger partial charge in [-0.2, -0.15) is 0 Å². The standard InChI is InChI=1S/C15H10ClFO/c16-15-4-2-1-3-12(15)9-13(10-18)11-5-7-14(17)8-6-11/h1-10H. The molecule has 2 aromatic carbocycles. The van der Waals surface area contributed by atoms with Gasteiger partial charge in [-0.1, -0.05) is 41.9 Å². The van der Waals surface area contributed by atoms with Gasteiger partial charge in [0.15, 0.2) is 6.29 Å². The lowest BCUT2D eigenvalue weighted by molar-refractivity contribution is -0.103. The Labute approximate surface area is 110 Å². The topological polar surface area (TPSA) is 17.1 Å². The largest absolute Gasteiger partial charge is 0.298 e. The summed E-state index contributed by atoms with van der Waals surface area (Å²) < 4.78 is 12.8. The molecule has 1 nitrogen and oxygen atoms in total. The minimum absolute atomic E-state index is 0.332. The lowest BCUT2D eigenvalue weighted by atomic mass is 10.0. The Kier molecular flexibility index (Phi) is 3.90. The maximum absolute atomic E-state index is 12.8. The van der Waals surface area contributed by atoms with Crippen molar-refractivity contribution in [3.63, 3.8) is 0 Å². The van der Waals surface area contributed by atoms with E-state index in [1.807, 2.05) is 18.2 Å². The summed E-state index contributed by atoms with van der Waals surface area (Å²) >= 11 is 6.02. The van der Waals surface area contributed by atoms with Crippen LogP contribution >= 0.6 is 11.6 Å². The zero-order valence-corrected chi connectivity index (χ0v) is 10.2. The van der Waals surface area contributed by atoms with Crippen LogP contribution in [0.5, 0.6) is 0 Å². The Morgan fingerprint density at radius 1 is 1.06 bits per heavy atom. The van der Waals surface area contributed by atoms with Crippen LogP contribution in [-0.4, -0.2) is 6.29 Å². The molecule has 0 atom stereocenters. The monoisotopic (exact) mass is 260 g/mol. The second-order valence-electron chi connectivity index (χ2n) is 3.75. The van der Waals surface area contributed by atoms with E-state index in [-0.39, 0.29) is 5.82 Å². The molecule has 3 heteroatoms. The lowest BCUT2D eigenvalue weighted by Gasteiger charge is -2.02. The maximum atomic E-state index is 12.8. The van der Waals surface area contributed by atoms with Gasteiger partial charge in [0.2, 0.25) is 0 Å². The van der Waals surface area contributed by atoms with Gasteiger partial charge in [0.25, 0.3) is 0 Å². The predicted octanol–water partition coefficient (Wildman–Crippen LogP) is 4.22. The first kappa shape index (κ1) is 12.5. The second-order valence-corrected chi connectivity index (χ2v) is 4.15. The number of carbonyl (C=O) groups excluding carboxylic acids is 1. The molecule has 0 heterocycles. The average Bonchev–Trinajstić information content (AvgIpc) is 2.39. The fourth-order valence-corrected chi connectivity index (χ4v) is 1.78. The summed E-state index contributed by atoms with van der Waals surface area (Å²) in [5.41, 5.74) is 1.88. The molecule has 2 aromatic rings. The lowest BCUT2D eigenvalue weighted by Crippen LogP contribution is -1.87. The van der Waals surface area contributed by atoms with Crippen LogP contribution in [0, 0.1) is 5.82 Å². The van der Waals surface area contributed by atoms with Crippen molar-refractivity contribution in [2.24, 2.45) is 0 Å². The Morgan fingerprint density at radius 2 is 1.72 bits per heavy atom. The summed E-state index contributed by atoms with van der Waals surface area (Å²) in [6.07, 6.45) is 2.42. The molecule has 2 rings (SSSR count). The smallest absolute Gasteiger partial charge is 0.150 e. The highest BCUT2D eigenvalue weighted by Crippen LogP contribution is 2.22. The number of hydrogen-bond acceptors (Lipinski definition) is 1. The molecule has 0 unspecified atom stereocenters. The molecule has 0 radical (unpaired) electrons. The minimum atomic E-state index is -0.332. The van der Waals surface area contributed by atoms with E-state index in [0.29, 0.717) is 16.2 Å². The fourth-order valence-electron chi connectivity index (χ4n) is 1.59. The molecule has 0 aliphatic rings. The van der Waals surface area contributed by atoms with Crippen LogP contribution < -0.4 is 0 Å². The van der Waals surface area contributed by atoms with Crippen LogP contribution in [-0.2, 0) is 4.79 Å². The number of rotatable bonds is 3. The fraction of sp³-hybridized carbons (Fsp3) is 0. The third kappa shape index (κ3) is 2.84. The van der Waals surface area contributed by atoms with Crippen LogP contribution in [0.15, 0.2) is 48.5 Å². The highest BCUT2D eigenvalue weighted by atomic mass is 35.5. The van der Waals surface area contributed by atoms with Gasteiger partial charge >= 0.3 is 0 Å². The number of hydrogen-bond donors (Lipinski definition) is 0. The van der Waals surface area contributed by atoms with Gasteiger partial charge < -0.3 is 0 Å². The number of benzene rings is 2. The molecule has 0 aromatic heterocycles. The molecule has 90 valence electrons. The first-order valence-electron chi connectivity index (χ1n) is 5.38. The van der Waals surface area contributed by atoms with Crippen molar-refractivity contribution in [3.8, 4) is 0 Å². The van der Waals surface area contributed by atoms with E-state index in [4.69, 9.17) is 11.6 Å². The van der Waals surface area contributed by atoms with Crippen molar-refractivity contribution in [3.05, 3.63) is 70.5 Å². The van der Waals surface area contributed by atoms with E-state index in [1.54, 1.807) is 24.3 Å². The summed E-state index contributed by atoms with van der Waals surface area (Å²) in [6.45, 7) is 0. The Balaban J connectivity index is 2.43. The second kappa shape index (κ2) is 5.61. The molecular formula is C15H10ClFO. The molecule has 0 aliphatic heterocycles. The summed E-state index contributed by atoms with van der Waals surface area (Å²) in [7, 11) is 0. The van der Waals surface area contributed by atoms with Gasteiger partial charge in [0, 0.05) is 10.6 Å². The maximum Gasteiger partial charge on any atom is 0.150 e. The third-order valence-electron chi connectivity index (χ3n) is 2.52. The normalized spacial score (nSPS) is 11.3. The first-order chi connectivity index (χ1) is 8.70. The molecule has 0 saturated carbocycles. The van der Waals surface area contributed by atoms with E-state index < -0.39 is 0 Å². The van der Waals surface area contributed by atoms with Crippen molar-refractivity contribution >= 4 is 29.5 Å². The highest BCUT2D eigenvalue weighted by Gasteiger charge is 2.03. The van der Waals surface area contributed by atoms with Gasteiger partial charge in [-0.3, -0.25) is 4.79 Å². The van der Waals surface area contributed by atoms with Crippen LogP contribution in [0.2, 0.25) is 5.02 Å². The molecular weight excluding hydrogens is 251 g/mol. The molecule has 0 N–H and O–H groups in total. The molecule has 18 heavy (non-hydrogen) atoms. The van der Waals surface area contributed by atoms with Crippen molar-refractivity contribution in [1.29, 1.82) is 0 Å². The van der Waals surface area contributed by atoms with Crippen molar-refractivity contribution < 1.29 is 9.18 Å². The van der Waals surface area contributed by atoms with Crippen molar-refractivity contribution in [2.75, 3.05) is 0 Å². The van der Waals surface area contributed by atoms with Crippen molar-refractivity contribution in [1.82, 2.24) is 0 Å². The van der Waals surface area contributed by atoms with Crippen LogP contribution in [0.4, 0.5) is 4.39 Å². The summed E-state index contributed by atoms with van der Waals surface area (Å²) in [6, 6.07) is 13.0. The van der Waals surface area contributed by atoms with Gasteiger partial charge in [-0.25, -0.2) is 4.39 Å². The average molecular weight is 261 g/mol. The quantitative estimate of drug-likeness (QED) is 0.459. The predicted molar refractivity (Wildman–Crippen MR) is 71.8 cm³/mol. The Hall–Kier alpha value is -1.93. The Bertz CT molecular complexity index is 588. The highest BCUT2D eigenvalue weighted by molar-refractivity contribution is 6.32. The first-order valence-corrected chi connectivity index (χ1v) is 5.76. The third-order valence-corrected chi connectivity index (χ3v) is 2.86. The number of allylic oxidation sites excluding steroid dienone is 1. The molecule has 0 spiro atoms. The number of aldehydes is 1. The molecule has 0 fully saturated rings. The zero-order chi connectivity index (χ0) is 13.0. The zero-order valence-electron chi connectivity index (χ0n) is 9.44. The summed E-state index contributed by atoms with van der Waals surface area (Å²) in [5.74, 6) is -0.332. The molecule has 0 aliphatic carbocycles. The van der Waals surface area contributed by atoms with E-state index in [9.17, 15) is 9.18 Å². The van der Waals surface area contributed by atoms with Crippen molar-refractivity contribution in [2.45, 2.75) is 0 Å². The Morgan fingerprint density at radius 3 is 2.33 bits per heavy atom. The van der Waals surface area contributed by atoms with Crippen LogP contribution in [0.25, 0.3) is 11.6 Å². The summed E-state index contributed by atoms with van der Waals surface area (Å²) in [5, 5.41) is 0.568. The van der Waals surface area contributed by atoms with Gasteiger partial charge in [0.05, 0.1) is 0 Å². The van der Waals surface area contributed by atoms with Gasteiger partial charge in [-0.15, -0.1) is 0 Å². The number of halogens is 2. The van der Waals surface area contributed by atoms with E-state index in [0.717, 1.165) is 11.8 Å². The van der Waals surface area contributed by atoms with E-state index in [2.05, 4.69) is 0 Å². The van der Waals surface area contributed by atoms with Crippen LogP contribution in [0.1, 0.15) is 11.1 Å². The molecule has 0 amide bonds. The number of carbonyl (C=O) groups is 1. The van der Waals surface area contributed by atoms with Gasteiger partial charge in [0.1, 0.15) is 5.82 Å².